The molecule has 0 saturated carbocycles. The van der Waals surface area contributed by atoms with Crippen molar-refractivity contribution in [2.75, 3.05) is 11.5 Å². The molecule has 4 rings (SSSR count). The van der Waals surface area contributed by atoms with Crippen molar-refractivity contribution in [1.29, 1.82) is 0 Å². The van der Waals surface area contributed by atoms with Gasteiger partial charge in [0.05, 0.1) is 35.5 Å². The van der Waals surface area contributed by atoms with Gasteiger partial charge >= 0.3 is 0 Å². The van der Waals surface area contributed by atoms with E-state index in [1.807, 2.05) is 0 Å². The smallest absolute Gasteiger partial charge is 0.152 e. The van der Waals surface area contributed by atoms with E-state index in [-0.39, 0.29) is 11.7 Å². The molecule has 0 aliphatic carbocycles. The second-order valence-corrected chi connectivity index (χ2v) is 9.33. The summed E-state index contributed by atoms with van der Waals surface area (Å²) in [6, 6.07) is 2.03. The van der Waals surface area contributed by atoms with Crippen LogP contribution in [-0.4, -0.2) is 46.7 Å². The molecule has 0 amide bonds. The Morgan fingerprint density at radius 3 is 2.50 bits per heavy atom. The molecule has 0 N–H and O–H groups in total. The van der Waals surface area contributed by atoms with Crippen molar-refractivity contribution in [3.8, 4) is 0 Å². The molecule has 1 aromatic carbocycles. The summed E-state index contributed by atoms with van der Waals surface area (Å²) in [5.41, 5.74) is -2.56. The maximum atomic E-state index is 15.1. The van der Waals surface area contributed by atoms with Crippen molar-refractivity contribution in [3.63, 3.8) is 0 Å². The van der Waals surface area contributed by atoms with Gasteiger partial charge in [0.2, 0.25) is 0 Å². The molecule has 0 radical (unpaired) electrons. The largest absolute Gasteiger partial charge is 0.390 e. The van der Waals surface area contributed by atoms with Gasteiger partial charge in [-0.05, 0) is 25.0 Å². The highest BCUT2D eigenvalue weighted by Crippen LogP contribution is 2.41. The van der Waals surface area contributed by atoms with Crippen molar-refractivity contribution >= 4 is 15.5 Å². The average Bonchev–Trinajstić information content (AvgIpc) is 3.30. The Morgan fingerprint density at radius 2 is 1.89 bits per heavy atom. The second kappa shape index (κ2) is 6.87. The molecule has 28 heavy (non-hydrogen) atoms. The molecule has 2 aliphatic heterocycles. The van der Waals surface area contributed by atoms with E-state index in [0.29, 0.717) is 18.7 Å². The number of hydrogen-bond donors (Lipinski definition) is 0. The number of hydrogen-bond acceptors (Lipinski definition) is 6. The highest BCUT2D eigenvalue weighted by Gasteiger charge is 2.43. The molecule has 1 atom stereocenters. The van der Waals surface area contributed by atoms with Gasteiger partial charge in [-0.15, -0.1) is 5.10 Å². The zero-order valence-corrected chi connectivity index (χ0v) is 15.5. The number of nitrogens with zero attached hydrogens (tertiary/aromatic N) is 4. The summed E-state index contributed by atoms with van der Waals surface area (Å²) in [4.78, 5) is 5.28. The molecule has 2 aliphatic rings. The first kappa shape index (κ1) is 18.9. The Labute approximate surface area is 159 Å². The fourth-order valence-corrected chi connectivity index (χ4v) is 4.99. The molecule has 150 valence electrons. The lowest BCUT2D eigenvalue weighted by Crippen LogP contribution is -2.35. The quantitative estimate of drug-likeness (QED) is 0.765. The predicted molar refractivity (Wildman–Crippen MR) is 93.1 cm³/mol. The lowest BCUT2D eigenvalue weighted by atomic mass is 9.87. The van der Waals surface area contributed by atoms with Crippen LogP contribution in [-0.2, 0) is 26.9 Å². The normalized spacial score (nSPS) is 23.2. The zero-order valence-electron chi connectivity index (χ0n) is 14.7. The van der Waals surface area contributed by atoms with Crippen molar-refractivity contribution in [3.05, 3.63) is 47.3 Å². The number of oxime groups is 1. The summed E-state index contributed by atoms with van der Waals surface area (Å²) >= 11 is 0. The molecule has 3 heterocycles. The van der Waals surface area contributed by atoms with Gasteiger partial charge in [0.25, 0.3) is 0 Å². The highest BCUT2D eigenvalue weighted by molar-refractivity contribution is 7.91. The Kier molecular flexibility index (Phi) is 4.64. The van der Waals surface area contributed by atoms with Gasteiger partial charge in [0, 0.05) is 18.2 Å². The van der Waals surface area contributed by atoms with E-state index in [0.717, 1.165) is 12.1 Å². The van der Waals surface area contributed by atoms with E-state index >= 15 is 4.39 Å². The van der Waals surface area contributed by atoms with Gasteiger partial charge in [-0.25, -0.2) is 26.3 Å². The maximum absolute atomic E-state index is 15.1. The monoisotopic (exact) mass is 414 g/mol. The summed E-state index contributed by atoms with van der Waals surface area (Å²) < 4.78 is 69.0. The fourth-order valence-electron chi connectivity index (χ4n) is 3.51. The average molecular weight is 414 g/mol. The third kappa shape index (κ3) is 3.62. The first-order chi connectivity index (χ1) is 13.3. The number of alkyl halides is 1. The number of sulfone groups is 1. The molecular weight excluding hydrogens is 397 g/mol. The Bertz CT molecular complexity index is 987. The summed E-state index contributed by atoms with van der Waals surface area (Å²) in [7, 11) is -3.37. The third-order valence-corrected chi connectivity index (χ3v) is 6.69. The minimum absolute atomic E-state index is 0.159. The zero-order chi connectivity index (χ0) is 19.9. The van der Waals surface area contributed by atoms with E-state index in [1.165, 1.54) is 6.20 Å². The standard InChI is InChI=1S/C17H17F3N4O3S/c18-13-7-11(15-9-12(27-22-15)10-24-4-3-21-23-24)8-14(19)16(13)17(20)1-5-28(25,26)6-2-17/h3-4,7-8,12H,1-2,5-6,9-10H2/t12-/m1/s1. The number of halogens is 3. The number of rotatable bonds is 4. The van der Waals surface area contributed by atoms with E-state index < -0.39 is 57.1 Å². The van der Waals surface area contributed by atoms with Crippen LogP contribution < -0.4 is 0 Å². The van der Waals surface area contributed by atoms with Gasteiger partial charge in [-0.3, -0.25) is 0 Å². The van der Waals surface area contributed by atoms with E-state index in [1.54, 1.807) is 10.9 Å². The molecule has 1 fully saturated rings. The van der Waals surface area contributed by atoms with Gasteiger partial charge in [-0.1, -0.05) is 10.4 Å². The number of aromatic nitrogens is 3. The first-order valence-electron chi connectivity index (χ1n) is 8.72. The SMILES string of the molecule is O=S1(=O)CCC(F)(c2c(F)cc(C3=NO[C@@H](Cn4ccnn4)C3)cc2F)CC1. The fraction of sp³-hybridized carbons (Fsp3) is 0.471. The van der Waals surface area contributed by atoms with Crippen LogP contribution in [0.15, 0.2) is 29.7 Å². The Balaban J connectivity index is 1.53. The van der Waals surface area contributed by atoms with Crippen LogP contribution in [0.4, 0.5) is 13.2 Å². The summed E-state index contributed by atoms with van der Waals surface area (Å²) in [6.07, 6.45) is 2.18. The van der Waals surface area contributed by atoms with Crippen LogP contribution in [0, 0.1) is 11.6 Å². The number of benzene rings is 1. The van der Waals surface area contributed by atoms with E-state index in [2.05, 4.69) is 15.5 Å². The van der Waals surface area contributed by atoms with Crippen molar-refractivity contribution < 1.29 is 26.4 Å². The van der Waals surface area contributed by atoms with Crippen LogP contribution in [0.5, 0.6) is 0 Å². The molecule has 0 bridgehead atoms. The topological polar surface area (TPSA) is 86.4 Å². The molecule has 1 saturated heterocycles. The summed E-state index contributed by atoms with van der Waals surface area (Å²) in [5, 5.41) is 11.4. The van der Waals surface area contributed by atoms with E-state index in [4.69, 9.17) is 4.84 Å². The van der Waals surface area contributed by atoms with Crippen LogP contribution >= 0.6 is 0 Å². The summed E-state index contributed by atoms with van der Waals surface area (Å²) in [5.74, 6) is -2.98. The Morgan fingerprint density at radius 1 is 1.21 bits per heavy atom. The molecule has 0 spiro atoms. The lowest BCUT2D eigenvalue weighted by Gasteiger charge is -2.30. The first-order valence-corrected chi connectivity index (χ1v) is 10.5. The molecule has 11 heteroatoms. The van der Waals surface area contributed by atoms with E-state index in [9.17, 15) is 17.2 Å². The van der Waals surface area contributed by atoms with Gasteiger partial charge in [0.15, 0.2) is 15.9 Å². The minimum atomic E-state index is -3.37. The highest BCUT2D eigenvalue weighted by atomic mass is 32.2. The van der Waals surface area contributed by atoms with Gasteiger partial charge in [-0.2, -0.15) is 0 Å². The molecule has 0 unspecified atom stereocenters. The van der Waals surface area contributed by atoms with Gasteiger partial charge < -0.3 is 4.84 Å². The van der Waals surface area contributed by atoms with Gasteiger partial charge in [0.1, 0.15) is 17.3 Å². The predicted octanol–water partition coefficient (Wildman–Crippen LogP) is 2.12. The van der Waals surface area contributed by atoms with Crippen molar-refractivity contribution in [2.24, 2.45) is 5.16 Å². The van der Waals surface area contributed by atoms with Crippen molar-refractivity contribution in [1.82, 2.24) is 15.0 Å². The van der Waals surface area contributed by atoms with Crippen LogP contribution in [0.25, 0.3) is 0 Å². The molecule has 7 nitrogen and oxygen atoms in total. The van der Waals surface area contributed by atoms with Crippen LogP contribution in [0.1, 0.15) is 30.4 Å². The van der Waals surface area contributed by atoms with Crippen LogP contribution in [0.2, 0.25) is 0 Å². The minimum Gasteiger partial charge on any atom is -0.390 e. The molecule has 1 aromatic heterocycles. The second-order valence-electron chi connectivity index (χ2n) is 7.03. The molecular formula is C17H17F3N4O3S. The van der Waals surface area contributed by atoms with Crippen LogP contribution in [0.3, 0.4) is 0 Å². The third-order valence-electron chi connectivity index (χ3n) is 5.04. The Hall–Kier alpha value is -2.43. The lowest BCUT2D eigenvalue weighted by molar-refractivity contribution is 0.0693. The van der Waals surface area contributed by atoms with Crippen molar-refractivity contribution in [2.45, 2.75) is 37.6 Å². The maximum Gasteiger partial charge on any atom is 0.152 e. The summed E-state index contributed by atoms with van der Waals surface area (Å²) in [6.45, 7) is 0.373. The molecule has 2 aromatic rings.